The molecule has 1 unspecified atom stereocenters. The highest BCUT2D eigenvalue weighted by atomic mass is 35.5. The molecule has 1 fully saturated rings. The second-order valence-electron chi connectivity index (χ2n) is 5.24. The molecule has 2 N–H and O–H groups in total. The number of carbonyl (C=O) groups is 1. The maximum atomic E-state index is 12.3. The Kier molecular flexibility index (Phi) is 4.32. The molecule has 1 aliphatic heterocycles. The Morgan fingerprint density at radius 3 is 2.84 bits per heavy atom. The molecular formula is C14H20ClN3O. The number of hydrogen-bond acceptors (Lipinski definition) is 3. The Labute approximate surface area is 119 Å². The second-order valence-corrected chi connectivity index (χ2v) is 5.67. The quantitative estimate of drug-likeness (QED) is 0.863. The summed E-state index contributed by atoms with van der Waals surface area (Å²) in [6.45, 7) is 1.85. The van der Waals surface area contributed by atoms with Crippen LogP contribution in [0.5, 0.6) is 0 Å². The van der Waals surface area contributed by atoms with Crippen LogP contribution in [0.25, 0.3) is 0 Å². The van der Waals surface area contributed by atoms with Crippen molar-refractivity contribution in [1.29, 1.82) is 0 Å². The van der Waals surface area contributed by atoms with Crippen LogP contribution in [0.4, 0.5) is 5.69 Å². The molecule has 104 valence electrons. The second kappa shape index (κ2) is 5.80. The van der Waals surface area contributed by atoms with Crippen molar-refractivity contribution in [3.63, 3.8) is 0 Å². The molecule has 4 nitrogen and oxygen atoms in total. The molecule has 19 heavy (non-hydrogen) atoms. The highest BCUT2D eigenvalue weighted by Crippen LogP contribution is 2.19. The monoisotopic (exact) mass is 281 g/mol. The number of nitrogens with two attached hydrogens (primary N) is 1. The van der Waals surface area contributed by atoms with Gasteiger partial charge in [-0.15, -0.1) is 0 Å². The summed E-state index contributed by atoms with van der Waals surface area (Å²) in [6, 6.07) is 5.42. The summed E-state index contributed by atoms with van der Waals surface area (Å²) in [5.41, 5.74) is 6.78. The van der Waals surface area contributed by atoms with Crippen molar-refractivity contribution in [2.45, 2.75) is 18.9 Å². The summed E-state index contributed by atoms with van der Waals surface area (Å²) < 4.78 is 0. The van der Waals surface area contributed by atoms with Crippen LogP contribution in [0.1, 0.15) is 23.2 Å². The number of anilines is 1. The molecule has 1 aromatic carbocycles. The van der Waals surface area contributed by atoms with Gasteiger partial charge in [0.25, 0.3) is 5.91 Å². The molecule has 0 aromatic heterocycles. The molecule has 0 saturated carbocycles. The number of likely N-dealkylation sites (N-methyl/N-ethyl adjacent to an activating group) is 2. The van der Waals surface area contributed by atoms with E-state index in [2.05, 4.69) is 11.9 Å². The Morgan fingerprint density at radius 2 is 2.26 bits per heavy atom. The first-order chi connectivity index (χ1) is 8.97. The van der Waals surface area contributed by atoms with E-state index >= 15 is 0 Å². The molecule has 1 saturated heterocycles. The van der Waals surface area contributed by atoms with E-state index in [1.165, 1.54) is 6.42 Å². The third kappa shape index (κ3) is 3.39. The van der Waals surface area contributed by atoms with E-state index < -0.39 is 0 Å². The van der Waals surface area contributed by atoms with Crippen molar-refractivity contribution in [2.24, 2.45) is 0 Å². The van der Waals surface area contributed by atoms with Crippen molar-refractivity contribution in [3.8, 4) is 0 Å². The van der Waals surface area contributed by atoms with Gasteiger partial charge in [0.2, 0.25) is 0 Å². The summed E-state index contributed by atoms with van der Waals surface area (Å²) in [4.78, 5) is 16.4. The van der Waals surface area contributed by atoms with Crippen molar-refractivity contribution in [2.75, 3.05) is 32.9 Å². The van der Waals surface area contributed by atoms with Gasteiger partial charge in [-0.1, -0.05) is 11.6 Å². The number of likely N-dealkylation sites (tertiary alicyclic amines) is 1. The van der Waals surface area contributed by atoms with E-state index in [1.807, 2.05) is 7.05 Å². The van der Waals surface area contributed by atoms with E-state index in [4.69, 9.17) is 17.3 Å². The van der Waals surface area contributed by atoms with Gasteiger partial charge >= 0.3 is 0 Å². The number of rotatable bonds is 3. The van der Waals surface area contributed by atoms with Gasteiger partial charge in [-0.2, -0.15) is 0 Å². The maximum absolute atomic E-state index is 12.3. The number of hydrogen-bond donors (Lipinski definition) is 1. The fraction of sp³-hybridized carbons (Fsp3) is 0.500. The Balaban J connectivity index is 2.06. The van der Waals surface area contributed by atoms with Crippen molar-refractivity contribution >= 4 is 23.2 Å². The minimum absolute atomic E-state index is 0.0329. The van der Waals surface area contributed by atoms with Crippen molar-refractivity contribution in [3.05, 3.63) is 28.8 Å². The lowest BCUT2D eigenvalue weighted by atomic mass is 10.1. The van der Waals surface area contributed by atoms with Crippen LogP contribution in [0.2, 0.25) is 5.02 Å². The Hall–Kier alpha value is -1.26. The van der Waals surface area contributed by atoms with Crippen LogP contribution in [-0.4, -0.2) is 48.9 Å². The highest BCUT2D eigenvalue weighted by Gasteiger charge is 2.24. The van der Waals surface area contributed by atoms with E-state index in [0.717, 1.165) is 19.5 Å². The lowest BCUT2D eigenvalue weighted by Crippen LogP contribution is -2.39. The first-order valence-corrected chi connectivity index (χ1v) is 6.87. The molecular weight excluding hydrogens is 262 g/mol. The fourth-order valence-electron chi connectivity index (χ4n) is 2.57. The normalized spacial score (nSPS) is 19.6. The fourth-order valence-corrected chi connectivity index (χ4v) is 2.81. The molecule has 5 heteroatoms. The van der Waals surface area contributed by atoms with Gasteiger partial charge in [-0.05, 0) is 44.6 Å². The predicted octanol–water partition coefficient (Wildman–Crippen LogP) is 2.09. The summed E-state index contributed by atoms with van der Waals surface area (Å²) >= 11 is 5.93. The topological polar surface area (TPSA) is 49.6 Å². The Bertz CT molecular complexity index is 458. The Morgan fingerprint density at radius 1 is 1.53 bits per heavy atom. The van der Waals surface area contributed by atoms with Gasteiger partial charge in [0, 0.05) is 35.9 Å². The largest absolute Gasteiger partial charge is 0.399 e. The van der Waals surface area contributed by atoms with E-state index in [0.29, 0.717) is 22.3 Å². The number of nitrogen functional groups attached to an aromatic ring is 1. The third-order valence-corrected chi connectivity index (χ3v) is 3.89. The van der Waals surface area contributed by atoms with Gasteiger partial charge < -0.3 is 15.5 Å². The zero-order valence-corrected chi connectivity index (χ0v) is 12.2. The molecule has 1 atom stereocenters. The van der Waals surface area contributed by atoms with Gasteiger partial charge in [0.05, 0.1) is 0 Å². The number of amides is 1. The number of carbonyl (C=O) groups excluding carboxylic acids is 1. The van der Waals surface area contributed by atoms with Gasteiger partial charge in [0.1, 0.15) is 0 Å². The molecule has 0 radical (unpaired) electrons. The van der Waals surface area contributed by atoms with Crippen LogP contribution in [0.15, 0.2) is 18.2 Å². The zero-order valence-electron chi connectivity index (χ0n) is 11.4. The smallest absolute Gasteiger partial charge is 0.253 e. The van der Waals surface area contributed by atoms with E-state index in [-0.39, 0.29) is 5.91 Å². The van der Waals surface area contributed by atoms with Crippen LogP contribution in [0, 0.1) is 0 Å². The molecule has 1 heterocycles. The summed E-state index contributed by atoms with van der Waals surface area (Å²) in [5.74, 6) is -0.0329. The van der Waals surface area contributed by atoms with Crippen LogP contribution in [0.3, 0.4) is 0 Å². The minimum Gasteiger partial charge on any atom is -0.399 e. The molecule has 0 bridgehead atoms. The first-order valence-electron chi connectivity index (χ1n) is 6.49. The minimum atomic E-state index is -0.0329. The van der Waals surface area contributed by atoms with Crippen LogP contribution >= 0.6 is 11.6 Å². The third-order valence-electron chi connectivity index (χ3n) is 3.67. The van der Waals surface area contributed by atoms with Crippen molar-refractivity contribution < 1.29 is 4.79 Å². The maximum Gasteiger partial charge on any atom is 0.253 e. The first kappa shape index (κ1) is 14.2. The molecule has 1 aromatic rings. The molecule has 0 aliphatic carbocycles. The molecule has 2 rings (SSSR count). The summed E-state index contributed by atoms with van der Waals surface area (Å²) in [6.07, 6.45) is 2.35. The van der Waals surface area contributed by atoms with Gasteiger partial charge in [-0.25, -0.2) is 0 Å². The number of nitrogens with zero attached hydrogens (tertiary/aromatic N) is 2. The average molecular weight is 282 g/mol. The van der Waals surface area contributed by atoms with E-state index in [9.17, 15) is 4.79 Å². The molecule has 1 aliphatic rings. The number of halogens is 1. The van der Waals surface area contributed by atoms with Crippen LogP contribution in [-0.2, 0) is 0 Å². The summed E-state index contributed by atoms with van der Waals surface area (Å²) in [7, 11) is 3.93. The van der Waals surface area contributed by atoms with E-state index in [1.54, 1.807) is 23.1 Å². The summed E-state index contributed by atoms with van der Waals surface area (Å²) in [5, 5.41) is 0.495. The van der Waals surface area contributed by atoms with Gasteiger partial charge in [-0.3, -0.25) is 4.79 Å². The number of benzene rings is 1. The highest BCUT2D eigenvalue weighted by molar-refractivity contribution is 6.31. The lowest BCUT2D eigenvalue weighted by Gasteiger charge is -2.26. The average Bonchev–Trinajstić information content (AvgIpc) is 2.72. The lowest BCUT2D eigenvalue weighted by molar-refractivity contribution is 0.0761. The standard InChI is InChI=1S/C14H20ClN3O/c1-17-5-3-4-13(17)9-18(2)14(19)10-6-11(15)8-12(16)7-10/h6-8,13H,3-5,9,16H2,1-2H3. The SMILES string of the molecule is CN(CC1CCCN1C)C(=O)c1cc(N)cc(Cl)c1. The zero-order chi connectivity index (χ0) is 14.0. The van der Waals surface area contributed by atoms with Crippen LogP contribution < -0.4 is 5.73 Å². The molecule has 1 amide bonds. The van der Waals surface area contributed by atoms with Gasteiger partial charge in [0.15, 0.2) is 0 Å². The van der Waals surface area contributed by atoms with Crippen molar-refractivity contribution in [1.82, 2.24) is 9.80 Å². The molecule has 0 spiro atoms. The predicted molar refractivity (Wildman–Crippen MR) is 78.5 cm³/mol.